The zero-order valence-electron chi connectivity index (χ0n) is 10.2. The largest absolute Gasteiger partial charge is 0.316 e. The molecule has 0 spiro atoms. The monoisotopic (exact) mass is 247 g/mol. The lowest BCUT2D eigenvalue weighted by molar-refractivity contribution is -0.121. The molecule has 1 saturated heterocycles. The first-order chi connectivity index (χ1) is 7.24. The normalized spacial score (nSPS) is 22.3. The molecule has 5 heteroatoms. The second-order valence-corrected chi connectivity index (χ2v) is 8.20. The second kappa shape index (κ2) is 4.84. The van der Waals surface area contributed by atoms with E-state index in [-0.39, 0.29) is 23.9 Å². The van der Waals surface area contributed by atoms with Crippen LogP contribution in [0.15, 0.2) is 0 Å². The molecule has 94 valence electrons. The van der Waals surface area contributed by atoms with Crippen molar-refractivity contribution in [3.05, 3.63) is 0 Å². The topological polar surface area (TPSA) is 63.2 Å². The van der Waals surface area contributed by atoms with Gasteiger partial charge in [0, 0.05) is 18.9 Å². The highest BCUT2D eigenvalue weighted by Crippen LogP contribution is 2.18. The van der Waals surface area contributed by atoms with E-state index >= 15 is 0 Å². The van der Waals surface area contributed by atoms with Crippen molar-refractivity contribution in [2.45, 2.75) is 38.4 Å². The Labute approximate surface area is 97.7 Å². The highest BCUT2D eigenvalue weighted by Gasteiger charge is 2.30. The van der Waals surface area contributed by atoms with Gasteiger partial charge < -0.3 is 5.32 Å². The molecule has 0 bridgehead atoms. The molecule has 1 unspecified atom stereocenters. The predicted molar refractivity (Wildman–Crippen MR) is 64.1 cm³/mol. The van der Waals surface area contributed by atoms with Crippen molar-refractivity contribution >= 4 is 15.6 Å². The van der Waals surface area contributed by atoms with Crippen molar-refractivity contribution in [1.29, 1.82) is 0 Å². The van der Waals surface area contributed by atoms with Crippen LogP contribution in [0.5, 0.6) is 0 Å². The molecule has 0 saturated carbocycles. The van der Waals surface area contributed by atoms with E-state index in [1.165, 1.54) is 0 Å². The van der Waals surface area contributed by atoms with Gasteiger partial charge in [-0.15, -0.1) is 0 Å². The molecule has 1 aliphatic rings. The first-order valence-corrected chi connectivity index (χ1v) is 7.35. The van der Waals surface area contributed by atoms with Crippen LogP contribution in [0.4, 0.5) is 0 Å². The fraction of sp³-hybridized carbons (Fsp3) is 0.909. The van der Waals surface area contributed by atoms with Crippen molar-refractivity contribution in [3.63, 3.8) is 0 Å². The number of carbonyl (C=O) groups is 1. The van der Waals surface area contributed by atoms with Gasteiger partial charge in [0.1, 0.15) is 5.78 Å². The smallest absolute Gasteiger partial charge is 0.155 e. The number of ketones is 1. The van der Waals surface area contributed by atoms with E-state index in [4.69, 9.17) is 0 Å². The van der Waals surface area contributed by atoms with Gasteiger partial charge in [-0.25, -0.2) is 8.42 Å². The van der Waals surface area contributed by atoms with Gasteiger partial charge in [0.15, 0.2) is 9.84 Å². The number of nitrogens with one attached hydrogen (secondary N) is 1. The van der Waals surface area contributed by atoms with E-state index in [9.17, 15) is 13.2 Å². The summed E-state index contributed by atoms with van der Waals surface area (Å²) in [5, 5.41) is 3.11. The Bertz CT molecular complexity index is 348. The molecule has 0 amide bonds. The average Bonchev–Trinajstić information content (AvgIpc) is 2.65. The lowest BCUT2D eigenvalue weighted by atomic mass is 10.0. The fourth-order valence-corrected chi connectivity index (χ4v) is 2.76. The minimum atomic E-state index is -3.16. The summed E-state index contributed by atoms with van der Waals surface area (Å²) in [5.74, 6) is 0.0826. The molecular weight excluding hydrogens is 226 g/mol. The maximum absolute atomic E-state index is 11.8. The lowest BCUT2D eigenvalue weighted by Gasteiger charge is -2.19. The molecule has 16 heavy (non-hydrogen) atoms. The highest BCUT2D eigenvalue weighted by atomic mass is 32.2. The summed E-state index contributed by atoms with van der Waals surface area (Å²) in [6, 6.07) is 0. The second-order valence-electron chi connectivity index (χ2n) is 5.34. The van der Waals surface area contributed by atoms with Crippen molar-refractivity contribution < 1.29 is 13.2 Å². The molecule has 1 aliphatic heterocycles. The van der Waals surface area contributed by atoms with E-state index in [0.29, 0.717) is 6.54 Å². The predicted octanol–water partition coefficient (Wildman–Crippen LogP) is 0.768. The Morgan fingerprint density at radius 2 is 2.00 bits per heavy atom. The Morgan fingerprint density at radius 3 is 2.44 bits per heavy atom. The number of hydrogen-bond acceptors (Lipinski definition) is 4. The third kappa shape index (κ3) is 3.28. The van der Waals surface area contributed by atoms with Crippen LogP contribution in [0.25, 0.3) is 0 Å². The SMILES string of the molecule is CC(C)(C)S(=O)(=O)CCC(=O)C1CCNC1. The van der Waals surface area contributed by atoms with Crippen LogP contribution in [0, 0.1) is 5.92 Å². The zero-order chi connectivity index (χ0) is 12.4. The van der Waals surface area contributed by atoms with Gasteiger partial charge in [-0.3, -0.25) is 4.79 Å². The summed E-state index contributed by atoms with van der Waals surface area (Å²) < 4.78 is 22.8. The van der Waals surface area contributed by atoms with Gasteiger partial charge in [0.2, 0.25) is 0 Å². The van der Waals surface area contributed by atoms with Crippen LogP contribution in [0.2, 0.25) is 0 Å². The number of hydrogen-bond donors (Lipinski definition) is 1. The first kappa shape index (κ1) is 13.6. The van der Waals surface area contributed by atoms with Gasteiger partial charge in [0.05, 0.1) is 10.5 Å². The van der Waals surface area contributed by atoms with Gasteiger partial charge in [-0.2, -0.15) is 0 Å². The molecule has 1 fully saturated rings. The van der Waals surface area contributed by atoms with E-state index in [0.717, 1.165) is 13.0 Å². The molecular formula is C11H21NO3S. The molecule has 0 radical (unpaired) electrons. The van der Waals surface area contributed by atoms with E-state index in [2.05, 4.69) is 5.32 Å². The van der Waals surface area contributed by atoms with Crippen molar-refractivity contribution in [2.24, 2.45) is 5.92 Å². The number of rotatable bonds is 4. The molecule has 4 nitrogen and oxygen atoms in total. The van der Waals surface area contributed by atoms with Gasteiger partial charge in [-0.1, -0.05) is 0 Å². The molecule has 1 rings (SSSR count). The number of sulfone groups is 1. The van der Waals surface area contributed by atoms with Gasteiger partial charge >= 0.3 is 0 Å². The Balaban J connectivity index is 2.48. The zero-order valence-corrected chi connectivity index (χ0v) is 11.1. The van der Waals surface area contributed by atoms with Crippen LogP contribution >= 0.6 is 0 Å². The standard InChI is InChI=1S/C11H21NO3S/c1-11(2,3)16(14,15)7-5-10(13)9-4-6-12-8-9/h9,12H,4-8H2,1-3H3. The molecule has 0 aromatic rings. The maximum atomic E-state index is 11.8. The van der Waals surface area contributed by atoms with E-state index in [1.54, 1.807) is 20.8 Å². The van der Waals surface area contributed by atoms with Crippen LogP contribution in [0.3, 0.4) is 0 Å². The van der Waals surface area contributed by atoms with Gasteiger partial charge in [-0.05, 0) is 33.7 Å². The quantitative estimate of drug-likeness (QED) is 0.797. The first-order valence-electron chi connectivity index (χ1n) is 5.70. The number of Topliss-reactive ketones (excluding diaryl/α,β-unsaturated/α-hetero) is 1. The Hall–Kier alpha value is -0.420. The minimum absolute atomic E-state index is 0.0220. The van der Waals surface area contributed by atoms with Crippen LogP contribution in [0.1, 0.15) is 33.6 Å². The van der Waals surface area contributed by atoms with Crippen molar-refractivity contribution in [3.8, 4) is 0 Å². The van der Waals surface area contributed by atoms with Crippen molar-refractivity contribution in [1.82, 2.24) is 5.32 Å². The van der Waals surface area contributed by atoms with E-state index in [1.807, 2.05) is 0 Å². The fourth-order valence-electron chi connectivity index (χ4n) is 1.67. The molecule has 0 aromatic heterocycles. The molecule has 0 aliphatic carbocycles. The summed E-state index contributed by atoms with van der Waals surface area (Å²) in [4.78, 5) is 11.7. The summed E-state index contributed by atoms with van der Waals surface area (Å²) in [7, 11) is -3.16. The molecule has 1 heterocycles. The minimum Gasteiger partial charge on any atom is -0.316 e. The van der Waals surface area contributed by atoms with E-state index < -0.39 is 14.6 Å². The average molecular weight is 247 g/mol. The summed E-state index contributed by atoms with van der Waals surface area (Å²) in [5.41, 5.74) is 0. The van der Waals surface area contributed by atoms with Crippen molar-refractivity contribution in [2.75, 3.05) is 18.8 Å². The lowest BCUT2D eigenvalue weighted by Crippen LogP contribution is -2.32. The Morgan fingerprint density at radius 1 is 1.38 bits per heavy atom. The number of carbonyl (C=O) groups excluding carboxylic acids is 1. The summed E-state index contributed by atoms with van der Waals surface area (Å²) in [6.45, 7) is 6.58. The third-order valence-corrected chi connectivity index (χ3v) is 5.67. The molecule has 1 atom stereocenters. The third-order valence-electron chi connectivity index (χ3n) is 3.07. The van der Waals surface area contributed by atoms with Gasteiger partial charge in [0.25, 0.3) is 0 Å². The summed E-state index contributed by atoms with van der Waals surface area (Å²) in [6.07, 6.45) is 1.00. The van der Waals surface area contributed by atoms with Crippen LogP contribution in [-0.4, -0.2) is 37.8 Å². The molecule has 0 aromatic carbocycles. The highest BCUT2D eigenvalue weighted by molar-refractivity contribution is 7.92. The molecule has 1 N–H and O–H groups in total. The van der Waals surface area contributed by atoms with Crippen LogP contribution < -0.4 is 5.32 Å². The van der Waals surface area contributed by atoms with Crippen LogP contribution in [-0.2, 0) is 14.6 Å². The Kier molecular flexibility index (Phi) is 4.12. The maximum Gasteiger partial charge on any atom is 0.155 e. The summed E-state index contributed by atoms with van der Waals surface area (Å²) >= 11 is 0.